The Bertz CT molecular complexity index is 753. The van der Waals surface area contributed by atoms with Gasteiger partial charge in [0.2, 0.25) is 0 Å². The number of hydrogen-bond acceptors (Lipinski definition) is 3. The molecule has 0 saturated heterocycles. The molecule has 0 aromatic heterocycles. The average molecular weight is 444 g/mol. The van der Waals surface area contributed by atoms with Crippen LogP contribution in [0.5, 0.6) is 0 Å². The van der Waals surface area contributed by atoms with Crippen molar-refractivity contribution >= 4 is 51.2 Å². The predicted octanol–water partition coefficient (Wildman–Crippen LogP) is 4.46. The molecule has 0 atom stereocenters. The number of hydrogen-bond donors (Lipinski definition) is 1. The van der Waals surface area contributed by atoms with E-state index in [1.54, 1.807) is 38.4 Å². The van der Waals surface area contributed by atoms with Crippen molar-refractivity contribution in [1.29, 1.82) is 0 Å². The first-order valence-corrected chi connectivity index (χ1v) is 8.52. The molecule has 23 heavy (non-hydrogen) atoms. The lowest BCUT2D eigenvalue weighted by Crippen LogP contribution is -2.17. The summed E-state index contributed by atoms with van der Waals surface area (Å²) in [5.74, 6) is -0.738. The molecule has 0 spiro atoms. The maximum Gasteiger partial charge on any atom is 0.286 e. The summed E-state index contributed by atoms with van der Waals surface area (Å²) in [6.45, 7) is 0. The summed E-state index contributed by atoms with van der Waals surface area (Å²) in [4.78, 5) is 26.3. The van der Waals surface area contributed by atoms with Crippen molar-refractivity contribution in [2.75, 3.05) is 19.4 Å². The molecule has 0 heterocycles. The Morgan fingerprint density at radius 2 is 1.87 bits per heavy atom. The molecule has 7 heteroatoms. The van der Waals surface area contributed by atoms with Crippen LogP contribution in [-0.4, -0.2) is 30.1 Å². The lowest BCUT2D eigenvalue weighted by Gasteiger charge is -2.13. The molecule has 0 radical (unpaired) electrons. The molecule has 2 aromatic rings. The lowest BCUT2D eigenvalue weighted by molar-refractivity contribution is 0.102. The van der Waals surface area contributed by atoms with Crippen molar-refractivity contribution in [3.05, 3.63) is 57.4 Å². The standard InChI is InChI=1S/C16H14FIN2O2S/c1-20(2)16(22)23-14-6-4-3-5-13(14)19-15(21)11-8-7-10(17)9-12(11)18/h3-9H,1-2H3,(H,19,21). The number of nitrogens with one attached hydrogen (secondary N) is 1. The summed E-state index contributed by atoms with van der Waals surface area (Å²) >= 11 is 2.95. The minimum absolute atomic E-state index is 0.136. The van der Waals surface area contributed by atoms with E-state index >= 15 is 0 Å². The van der Waals surface area contributed by atoms with Crippen LogP contribution >= 0.6 is 34.4 Å². The molecular formula is C16H14FIN2O2S. The number of para-hydroxylation sites is 1. The second-order valence-corrected chi connectivity index (χ2v) is 6.99. The molecule has 0 aliphatic heterocycles. The Hall–Kier alpha value is -1.61. The molecule has 0 aliphatic rings. The SMILES string of the molecule is CN(C)C(=O)Sc1ccccc1NC(=O)c1ccc(F)cc1I. The Morgan fingerprint density at radius 1 is 1.17 bits per heavy atom. The smallest absolute Gasteiger partial charge is 0.286 e. The van der Waals surface area contributed by atoms with Crippen molar-refractivity contribution in [2.45, 2.75) is 4.90 Å². The third-order valence-corrected chi connectivity index (χ3v) is 4.88. The summed E-state index contributed by atoms with van der Waals surface area (Å²) in [5.41, 5.74) is 0.920. The van der Waals surface area contributed by atoms with Crippen molar-refractivity contribution in [3.8, 4) is 0 Å². The molecule has 2 amide bonds. The van der Waals surface area contributed by atoms with Gasteiger partial charge in [0.05, 0.1) is 11.3 Å². The Balaban J connectivity index is 2.23. The zero-order chi connectivity index (χ0) is 17.0. The van der Waals surface area contributed by atoms with Crippen molar-refractivity contribution < 1.29 is 14.0 Å². The fraction of sp³-hybridized carbons (Fsp3) is 0.125. The lowest BCUT2D eigenvalue weighted by atomic mass is 10.2. The van der Waals surface area contributed by atoms with E-state index in [-0.39, 0.29) is 11.1 Å². The fourth-order valence-electron chi connectivity index (χ4n) is 1.71. The molecule has 0 unspecified atom stereocenters. The van der Waals surface area contributed by atoms with Gasteiger partial charge in [-0.05, 0) is 64.7 Å². The normalized spacial score (nSPS) is 10.3. The van der Waals surface area contributed by atoms with Gasteiger partial charge in [-0.3, -0.25) is 9.59 Å². The van der Waals surface area contributed by atoms with E-state index in [1.807, 2.05) is 22.6 Å². The quantitative estimate of drug-likeness (QED) is 0.562. The van der Waals surface area contributed by atoms with Crippen LogP contribution in [0, 0.1) is 9.39 Å². The summed E-state index contributed by atoms with van der Waals surface area (Å²) in [5, 5.41) is 2.64. The minimum Gasteiger partial charge on any atom is -0.339 e. The number of carbonyl (C=O) groups excluding carboxylic acids is 2. The Kier molecular flexibility index (Phi) is 6.00. The zero-order valence-electron chi connectivity index (χ0n) is 12.5. The first-order valence-electron chi connectivity index (χ1n) is 6.63. The van der Waals surface area contributed by atoms with Gasteiger partial charge in [0.1, 0.15) is 5.82 Å². The highest BCUT2D eigenvalue weighted by Crippen LogP contribution is 2.29. The third kappa shape index (κ3) is 4.68. The van der Waals surface area contributed by atoms with Gasteiger partial charge >= 0.3 is 0 Å². The molecule has 0 fully saturated rings. The van der Waals surface area contributed by atoms with Crippen molar-refractivity contribution in [3.63, 3.8) is 0 Å². The number of thioether (sulfide) groups is 1. The van der Waals surface area contributed by atoms with Crippen LogP contribution in [0.25, 0.3) is 0 Å². The number of carbonyl (C=O) groups is 2. The van der Waals surface area contributed by atoms with Crippen LogP contribution in [0.4, 0.5) is 14.9 Å². The Labute approximate surface area is 151 Å². The highest BCUT2D eigenvalue weighted by atomic mass is 127. The van der Waals surface area contributed by atoms with Gasteiger partial charge in [-0.1, -0.05) is 12.1 Å². The maximum absolute atomic E-state index is 13.1. The van der Waals surface area contributed by atoms with Gasteiger partial charge in [0.25, 0.3) is 11.1 Å². The molecule has 1 N–H and O–H groups in total. The summed E-state index contributed by atoms with van der Waals surface area (Å²) in [6, 6.07) is 11.0. The molecule has 2 aromatic carbocycles. The summed E-state index contributed by atoms with van der Waals surface area (Å²) < 4.78 is 13.7. The molecule has 4 nitrogen and oxygen atoms in total. The van der Waals surface area contributed by atoms with Crippen LogP contribution in [0.2, 0.25) is 0 Å². The molecule has 120 valence electrons. The molecule has 2 rings (SSSR count). The predicted molar refractivity (Wildman–Crippen MR) is 98.5 cm³/mol. The van der Waals surface area contributed by atoms with E-state index in [9.17, 15) is 14.0 Å². The number of rotatable bonds is 3. The second-order valence-electron chi connectivity index (χ2n) is 4.84. The van der Waals surface area contributed by atoms with Gasteiger partial charge in [-0.2, -0.15) is 0 Å². The van der Waals surface area contributed by atoms with E-state index < -0.39 is 5.82 Å². The van der Waals surface area contributed by atoms with Crippen LogP contribution in [0.1, 0.15) is 10.4 Å². The highest BCUT2D eigenvalue weighted by molar-refractivity contribution is 14.1. The average Bonchev–Trinajstić information content (AvgIpc) is 2.48. The largest absolute Gasteiger partial charge is 0.339 e. The van der Waals surface area contributed by atoms with Gasteiger partial charge in [-0.15, -0.1) is 0 Å². The van der Waals surface area contributed by atoms with Gasteiger partial charge in [0, 0.05) is 22.6 Å². The topological polar surface area (TPSA) is 49.4 Å². The van der Waals surface area contributed by atoms with E-state index in [0.717, 1.165) is 11.8 Å². The van der Waals surface area contributed by atoms with E-state index in [4.69, 9.17) is 0 Å². The minimum atomic E-state index is -0.390. The molecular weight excluding hydrogens is 430 g/mol. The number of amides is 2. The van der Waals surface area contributed by atoms with Crippen molar-refractivity contribution in [1.82, 2.24) is 4.90 Å². The summed E-state index contributed by atoms with van der Waals surface area (Å²) in [6.07, 6.45) is 0. The number of halogens is 2. The Morgan fingerprint density at radius 3 is 2.52 bits per heavy atom. The molecule has 0 aliphatic carbocycles. The molecule has 0 bridgehead atoms. The maximum atomic E-state index is 13.1. The van der Waals surface area contributed by atoms with Gasteiger partial charge in [0.15, 0.2) is 0 Å². The summed E-state index contributed by atoms with van der Waals surface area (Å²) in [7, 11) is 3.33. The van der Waals surface area contributed by atoms with E-state index in [0.29, 0.717) is 19.7 Å². The zero-order valence-corrected chi connectivity index (χ0v) is 15.4. The van der Waals surface area contributed by atoms with Gasteiger partial charge in [-0.25, -0.2) is 4.39 Å². The van der Waals surface area contributed by atoms with Crippen LogP contribution < -0.4 is 5.32 Å². The fourth-order valence-corrected chi connectivity index (χ4v) is 3.18. The van der Waals surface area contributed by atoms with Crippen LogP contribution in [-0.2, 0) is 0 Å². The first kappa shape index (κ1) is 17.7. The van der Waals surface area contributed by atoms with Crippen molar-refractivity contribution in [2.24, 2.45) is 0 Å². The third-order valence-electron chi connectivity index (χ3n) is 2.87. The second kappa shape index (κ2) is 7.78. The first-order chi connectivity index (χ1) is 10.9. The van der Waals surface area contributed by atoms with Crippen LogP contribution in [0.15, 0.2) is 47.4 Å². The number of benzene rings is 2. The van der Waals surface area contributed by atoms with E-state index in [2.05, 4.69) is 5.32 Å². The van der Waals surface area contributed by atoms with Gasteiger partial charge < -0.3 is 10.2 Å². The van der Waals surface area contributed by atoms with Crippen LogP contribution in [0.3, 0.4) is 0 Å². The number of anilines is 1. The highest BCUT2D eigenvalue weighted by Gasteiger charge is 2.15. The number of nitrogens with zero attached hydrogens (tertiary/aromatic N) is 1. The molecule has 0 saturated carbocycles. The monoisotopic (exact) mass is 444 g/mol. The van der Waals surface area contributed by atoms with E-state index in [1.165, 1.54) is 23.1 Å².